The largest absolute Gasteiger partial charge is 0.328 e. The number of hydrogen-bond acceptors (Lipinski definition) is 5. The van der Waals surface area contributed by atoms with Gasteiger partial charge in [-0.2, -0.15) is 0 Å². The van der Waals surface area contributed by atoms with Gasteiger partial charge in [-0.05, 0) is 35.0 Å². The van der Waals surface area contributed by atoms with E-state index in [1.807, 2.05) is 35.0 Å². The summed E-state index contributed by atoms with van der Waals surface area (Å²) in [6.07, 6.45) is 0. The summed E-state index contributed by atoms with van der Waals surface area (Å²) >= 11 is 3.21. The predicted octanol–water partition coefficient (Wildman–Crippen LogP) is 4.56. The van der Waals surface area contributed by atoms with Crippen molar-refractivity contribution >= 4 is 34.3 Å². The van der Waals surface area contributed by atoms with Crippen molar-refractivity contribution in [1.82, 2.24) is 4.90 Å². The lowest BCUT2D eigenvalue weighted by molar-refractivity contribution is -0.384. The second-order valence-electron chi connectivity index (χ2n) is 5.12. The normalized spacial score (nSPS) is 10.5. The number of benzene rings is 1. The fourth-order valence-corrected chi connectivity index (χ4v) is 3.73. The third-order valence-corrected chi connectivity index (χ3v) is 5.19. The number of nitro groups is 1. The molecule has 0 radical (unpaired) electrons. The van der Waals surface area contributed by atoms with Gasteiger partial charge in [0.1, 0.15) is 0 Å². The summed E-state index contributed by atoms with van der Waals surface area (Å²) in [6, 6.07) is 13.7. The molecule has 2 heterocycles. The molecule has 24 heavy (non-hydrogen) atoms. The molecule has 0 fully saturated rings. The van der Waals surface area contributed by atoms with Gasteiger partial charge in [-0.15, -0.1) is 22.7 Å². The molecule has 0 bridgehead atoms. The van der Waals surface area contributed by atoms with Crippen molar-refractivity contribution in [2.24, 2.45) is 0 Å². The van der Waals surface area contributed by atoms with E-state index < -0.39 is 4.92 Å². The average molecular weight is 358 g/mol. The zero-order valence-corrected chi connectivity index (χ0v) is 14.3. The summed E-state index contributed by atoms with van der Waals surface area (Å²) in [5.41, 5.74) is 0.434. The summed E-state index contributed by atoms with van der Waals surface area (Å²) in [5.74, 6) is -0.133. The van der Waals surface area contributed by atoms with Crippen molar-refractivity contribution in [3.8, 4) is 0 Å². The molecule has 7 heteroatoms. The van der Waals surface area contributed by atoms with Gasteiger partial charge in [0.05, 0.1) is 18.0 Å². The van der Waals surface area contributed by atoms with Crippen LogP contribution in [0.2, 0.25) is 0 Å². The van der Waals surface area contributed by atoms with Crippen molar-refractivity contribution in [1.29, 1.82) is 0 Å². The molecule has 2 aromatic heterocycles. The topological polar surface area (TPSA) is 63.4 Å². The Morgan fingerprint density at radius 1 is 0.958 bits per heavy atom. The van der Waals surface area contributed by atoms with E-state index in [-0.39, 0.29) is 11.6 Å². The number of carbonyl (C=O) groups excluding carboxylic acids is 1. The van der Waals surface area contributed by atoms with Crippen LogP contribution in [0.3, 0.4) is 0 Å². The van der Waals surface area contributed by atoms with Gasteiger partial charge >= 0.3 is 0 Å². The van der Waals surface area contributed by atoms with Crippen LogP contribution < -0.4 is 0 Å². The van der Waals surface area contributed by atoms with Gasteiger partial charge in [0.2, 0.25) is 0 Å². The van der Waals surface area contributed by atoms with Crippen LogP contribution >= 0.6 is 22.7 Å². The van der Waals surface area contributed by atoms with Crippen LogP contribution in [-0.2, 0) is 13.1 Å². The molecule has 0 aliphatic heterocycles. The second kappa shape index (κ2) is 7.37. The second-order valence-corrected chi connectivity index (χ2v) is 7.19. The highest BCUT2D eigenvalue weighted by Gasteiger charge is 2.18. The molecule has 0 saturated heterocycles. The number of rotatable bonds is 6. The van der Waals surface area contributed by atoms with Gasteiger partial charge in [-0.3, -0.25) is 14.9 Å². The molecule has 0 atom stereocenters. The molecule has 0 spiro atoms. The molecule has 5 nitrogen and oxygen atoms in total. The Balaban J connectivity index is 1.82. The maximum Gasteiger partial charge on any atom is 0.269 e. The van der Waals surface area contributed by atoms with Gasteiger partial charge in [0.25, 0.3) is 11.6 Å². The Bertz CT molecular complexity index is 776. The number of hydrogen-bond donors (Lipinski definition) is 0. The van der Waals surface area contributed by atoms with E-state index in [0.717, 1.165) is 9.75 Å². The molecule has 3 aromatic rings. The number of nitro benzene ring substituents is 1. The minimum absolute atomic E-state index is 0.0189. The van der Waals surface area contributed by atoms with Gasteiger partial charge in [0.15, 0.2) is 0 Å². The Hall–Kier alpha value is -2.51. The molecule has 1 amide bonds. The number of carbonyl (C=O) groups is 1. The van der Waals surface area contributed by atoms with Gasteiger partial charge in [-0.25, -0.2) is 0 Å². The quantitative estimate of drug-likeness (QED) is 0.479. The molecule has 0 unspecified atom stereocenters. The van der Waals surface area contributed by atoms with Crippen molar-refractivity contribution in [2.45, 2.75) is 13.1 Å². The maximum atomic E-state index is 12.8. The maximum absolute atomic E-state index is 12.8. The van der Waals surface area contributed by atoms with Crippen LogP contribution in [0, 0.1) is 10.1 Å². The molecule has 0 aliphatic rings. The summed E-state index contributed by atoms with van der Waals surface area (Å²) in [7, 11) is 0. The van der Waals surface area contributed by atoms with E-state index in [1.54, 1.807) is 27.6 Å². The van der Waals surface area contributed by atoms with Crippen molar-refractivity contribution in [3.05, 3.63) is 84.7 Å². The smallest absolute Gasteiger partial charge is 0.269 e. The van der Waals surface area contributed by atoms with Crippen LogP contribution in [0.4, 0.5) is 5.69 Å². The first kappa shape index (κ1) is 16.4. The monoisotopic (exact) mass is 358 g/mol. The molecule has 0 aliphatic carbocycles. The third-order valence-electron chi connectivity index (χ3n) is 3.47. The summed E-state index contributed by atoms with van der Waals surface area (Å²) < 4.78 is 0. The number of thiophene rings is 2. The molecule has 122 valence electrons. The number of nitrogens with zero attached hydrogens (tertiary/aromatic N) is 2. The molecule has 0 N–H and O–H groups in total. The number of amides is 1. The van der Waals surface area contributed by atoms with Gasteiger partial charge in [-0.1, -0.05) is 12.1 Å². The lowest BCUT2D eigenvalue weighted by Crippen LogP contribution is -2.29. The first-order valence-corrected chi connectivity index (χ1v) is 8.98. The average Bonchev–Trinajstić information content (AvgIpc) is 3.27. The van der Waals surface area contributed by atoms with Crippen LogP contribution in [0.5, 0.6) is 0 Å². The zero-order valence-electron chi connectivity index (χ0n) is 12.6. The van der Waals surface area contributed by atoms with Gasteiger partial charge in [0, 0.05) is 27.5 Å². The van der Waals surface area contributed by atoms with Crippen molar-refractivity contribution in [3.63, 3.8) is 0 Å². The fraction of sp³-hybridized carbons (Fsp3) is 0.118. The summed E-state index contributed by atoms with van der Waals surface area (Å²) in [5, 5.41) is 14.7. The van der Waals surface area contributed by atoms with Crippen LogP contribution in [0.15, 0.2) is 59.3 Å². The highest BCUT2D eigenvalue weighted by molar-refractivity contribution is 7.10. The Morgan fingerprint density at radius 3 is 1.92 bits per heavy atom. The summed E-state index contributed by atoms with van der Waals surface area (Å²) in [4.78, 5) is 27.1. The van der Waals surface area contributed by atoms with Crippen LogP contribution in [-0.4, -0.2) is 15.7 Å². The molecule has 0 saturated carbocycles. The van der Waals surface area contributed by atoms with E-state index in [2.05, 4.69) is 0 Å². The molecular formula is C17H14N2O3S2. The minimum atomic E-state index is -0.469. The first-order chi connectivity index (χ1) is 11.6. The number of non-ortho nitro benzene ring substituents is 1. The Morgan fingerprint density at radius 2 is 1.50 bits per heavy atom. The summed E-state index contributed by atoms with van der Waals surface area (Å²) in [6.45, 7) is 1.04. The minimum Gasteiger partial charge on any atom is -0.328 e. The molecule has 1 aromatic carbocycles. The highest BCUT2D eigenvalue weighted by Crippen LogP contribution is 2.20. The SMILES string of the molecule is O=C(c1ccc([N+](=O)[O-])cc1)N(Cc1cccs1)Cc1cccs1. The van der Waals surface area contributed by atoms with Crippen molar-refractivity contribution < 1.29 is 9.72 Å². The van der Waals surface area contributed by atoms with Gasteiger partial charge < -0.3 is 4.90 Å². The fourth-order valence-electron chi connectivity index (χ4n) is 2.29. The van der Waals surface area contributed by atoms with E-state index >= 15 is 0 Å². The standard InChI is InChI=1S/C17H14N2O3S2/c20-17(13-5-7-14(8-6-13)19(21)22)18(11-15-3-1-9-23-15)12-16-4-2-10-24-16/h1-10H,11-12H2. The Labute approximate surface area is 146 Å². The highest BCUT2D eigenvalue weighted by atomic mass is 32.1. The first-order valence-electron chi connectivity index (χ1n) is 7.22. The molecule has 3 rings (SSSR count). The Kier molecular flexibility index (Phi) is 5.02. The van der Waals surface area contributed by atoms with E-state index in [4.69, 9.17) is 0 Å². The predicted molar refractivity (Wildman–Crippen MR) is 95.3 cm³/mol. The third kappa shape index (κ3) is 3.87. The van der Waals surface area contributed by atoms with Crippen LogP contribution in [0.1, 0.15) is 20.1 Å². The lowest BCUT2D eigenvalue weighted by atomic mass is 10.1. The van der Waals surface area contributed by atoms with Crippen molar-refractivity contribution in [2.75, 3.05) is 0 Å². The van der Waals surface area contributed by atoms with E-state index in [1.165, 1.54) is 24.3 Å². The van der Waals surface area contributed by atoms with E-state index in [0.29, 0.717) is 18.7 Å². The van der Waals surface area contributed by atoms with Crippen LogP contribution in [0.25, 0.3) is 0 Å². The van der Waals surface area contributed by atoms with E-state index in [9.17, 15) is 14.9 Å². The lowest BCUT2D eigenvalue weighted by Gasteiger charge is -2.21. The zero-order chi connectivity index (χ0) is 16.9. The molecular weight excluding hydrogens is 344 g/mol.